The van der Waals surface area contributed by atoms with Gasteiger partial charge in [-0.1, -0.05) is 30.3 Å². The number of nitrogens with zero attached hydrogens (tertiary/aromatic N) is 1. The number of amides is 1. The Morgan fingerprint density at radius 3 is 2.75 bits per heavy atom. The van der Waals surface area contributed by atoms with Crippen LogP contribution in [0.15, 0.2) is 67.0 Å². The molecule has 1 aliphatic rings. The minimum absolute atomic E-state index is 0.137. The van der Waals surface area contributed by atoms with Crippen molar-refractivity contribution in [1.29, 1.82) is 0 Å². The molecule has 0 fully saturated rings. The summed E-state index contributed by atoms with van der Waals surface area (Å²) < 4.78 is 0. The number of aromatic amines is 2. The first-order chi connectivity index (χ1) is 15.7. The smallest absolute Gasteiger partial charge is 0.231 e. The van der Waals surface area contributed by atoms with E-state index in [1.54, 1.807) is 12.4 Å². The number of hydrogen-bond donors (Lipinski definition) is 3. The molecule has 3 aromatic heterocycles. The van der Waals surface area contributed by atoms with Gasteiger partial charge in [0, 0.05) is 47.8 Å². The van der Waals surface area contributed by atoms with Crippen molar-refractivity contribution in [1.82, 2.24) is 15.0 Å². The molecular formula is C26H24N4O2. The second-order valence-corrected chi connectivity index (χ2v) is 8.12. The molecule has 3 heterocycles. The Hall–Kier alpha value is -3.93. The number of nitrogens with one attached hydrogen (secondary N) is 3. The quantitative estimate of drug-likeness (QED) is 0.419. The maximum atomic E-state index is 12.8. The summed E-state index contributed by atoms with van der Waals surface area (Å²) in [5.74, 6) is 0.555. The molecular weight excluding hydrogens is 400 g/mol. The Kier molecular flexibility index (Phi) is 5.42. The highest BCUT2D eigenvalue weighted by Crippen LogP contribution is 2.35. The van der Waals surface area contributed by atoms with Gasteiger partial charge in [0.15, 0.2) is 5.78 Å². The van der Waals surface area contributed by atoms with Gasteiger partial charge < -0.3 is 15.3 Å². The van der Waals surface area contributed by atoms with Gasteiger partial charge in [0.05, 0.1) is 12.1 Å². The van der Waals surface area contributed by atoms with Crippen molar-refractivity contribution in [2.24, 2.45) is 0 Å². The lowest BCUT2D eigenvalue weighted by molar-refractivity contribution is -0.115. The highest BCUT2D eigenvalue weighted by molar-refractivity contribution is 6.01. The number of ketones is 1. The Labute approximate surface area is 186 Å². The number of fused-ring (bicyclic) bond motifs is 1. The van der Waals surface area contributed by atoms with E-state index in [9.17, 15) is 9.59 Å². The molecule has 0 bridgehead atoms. The first kappa shape index (κ1) is 20.0. The number of carbonyl (C=O) groups excluding carboxylic acids is 2. The number of H-pyrrole nitrogens is 2. The summed E-state index contributed by atoms with van der Waals surface area (Å²) in [6.45, 7) is 0. The van der Waals surface area contributed by atoms with E-state index in [0.29, 0.717) is 18.7 Å². The Morgan fingerprint density at radius 2 is 1.94 bits per heavy atom. The van der Waals surface area contributed by atoms with Crippen LogP contribution in [0.25, 0.3) is 11.3 Å². The van der Waals surface area contributed by atoms with Crippen molar-refractivity contribution in [3.8, 4) is 11.3 Å². The van der Waals surface area contributed by atoms with E-state index in [1.165, 1.54) is 0 Å². The first-order valence-corrected chi connectivity index (χ1v) is 10.9. The van der Waals surface area contributed by atoms with E-state index in [0.717, 1.165) is 52.2 Å². The molecule has 32 heavy (non-hydrogen) atoms. The van der Waals surface area contributed by atoms with Crippen LogP contribution in [0.3, 0.4) is 0 Å². The van der Waals surface area contributed by atoms with Crippen LogP contribution in [0, 0.1) is 0 Å². The number of anilines is 1. The summed E-state index contributed by atoms with van der Waals surface area (Å²) in [4.78, 5) is 36.1. The summed E-state index contributed by atoms with van der Waals surface area (Å²) in [6, 6.07) is 17.7. The van der Waals surface area contributed by atoms with Gasteiger partial charge in [-0.15, -0.1) is 0 Å². The number of benzene rings is 1. The Balaban J connectivity index is 1.48. The van der Waals surface area contributed by atoms with Gasteiger partial charge in [-0.05, 0) is 48.2 Å². The van der Waals surface area contributed by atoms with Crippen LogP contribution >= 0.6 is 0 Å². The fourth-order valence-electron chi connectivity index (χ4n) is 4.39. The largest absolute Gasteiger partial charge is 0.365 e. The number of aryl methyl sites for hydroxylation is 1. The molecule has 0 saturated carbocycles. The van der Waals surface area contributed by atoms with Gasteiger partial charge >= 0.3 is 0 Å². The number of rotatable bonds is 6. The van der Waals surface area contributed by atoms with E-state index in [2.05, 4.69) is 32.4 Å². The topological polar surface area (TPSA) is 90.6 Å². The van der Waals surface area contributed by atoms with Gasteiger partial charge in [-0.2, -0.15) is 0 Å². The zero-order chi connectivity index (χ0) is 21.9. The summed E-state index contributed by atoms with van der Waals surface area (Å²) in [7, 11) is 0. The highest BCUT2D eigenvalue weighted by atomic mass is 16.1. The fourth-order valence-corrected chi connectivity index (χ4v) is 4.39. The predicted octanol–water partition coefficient (Wildman–Crippen LogP) is 4.70. The average Bonchev–Trinajstić information content (AvgIpc) is 3.43. The van der Waals surface area contributed by atoms with Crippen LogP contribution in [0.4, 0.5) is 5.82 Å². The Bertz CT molecular complexity index is 1260. The van der Waals surface area contributed by atoms with Crippen LogP contribution in [-0.2, 0) is 24.1 Å². The SMILES string of the molecule is O=C(Cc1ccc[nH]1)Nc1cc(-c2[nH]c3c(c2Cc2ccccc2)C(=O)CCC3)ccn1. The van der Waals surface area contributed by atoms with Crippen LogP contribution in [0.1, 0.15) is 45.7 Å². The molecule has 5 rings (SSSR count). The molecule has 6 heteroatoms. The van der Waals surface area contributed by atoms with Crippen LogP contribution in [0.2, 0.25) is 0 Å². The zero-order valence-electron chi connectivity index (χ0n) is 17.7. The lowest BCUT2D eigenvalue weighted by Crippen LogP contribution is -2.15. The third-order valence-electron chi connectivity index (χ3n) is 5.84. The minimum atomic E-state index is -0.137. The van der Waals surface area contributed by atoms with Crippen molar-refractivity contribution in [3.05, 3.63) is 95.1 Å². The van der Waals surface area contributed by atoms with Crippen LogP contribution < -0.4 is 5.32 Å². The molecule has 6 nitrogen and oxygen atoms in total. The number of Topliss-reactive ketones (excluding diaryl/α,β-unsaturated/α-hetero) is 1. The molecule has 3 N–H and O–H groups in total. The third-order valence-corrected chi connectivity index (χ3v) is 5.84. The second kappa shape index (κ2) is 8.67. The molecule has 1 amide bonds. The lowest BCUT2D eigenvalue weighted by Gasteiger charge is -2.12. The monoisotopic (exact) mass is 424 g/mol. The Morgan fingerprint density at radius 1 is 1.06 bits per heavy atom. The van der Waals surface area contributed by atoms with Crippen molar-refractivity contribution in [2.75, 3.05) is 5.32 Å². The van der Waals surface area contributed by atoms with E-state index in [1.807, 2.05) is 42.5 Å². The number of aromatic nitrogens is 3. The number of hydrogen-bond acceptors (Lipinski definition) is 3. The van der Waals surface area contributed by atoms with Gasteiger partial charge in [0.25, 0.3) is 0 Å². The maximum Gasteiger partial charge on any atom is 0.231 e. The van der Waals surface area contributed by atoms with E-state index in [-0.39, 0.29) is 18.1 Å². The molecule has 1 aromatic carbocycles. The maximum absolute atomic E-state index is 12.8. The van der Waals surface area contributed by atoms with Gasteiger partial charge in [0.2, 0.25) is 5.91 Å². The summed E-state index contributed by atoms with van der Waals surface area (Å²) in [6.07, 6.45) is 6.73. The van der Waals surface area contributed by atoms with Crippen molar-refractivity contribution >= 4 is 17.5 Å². The molecule has 1 aliphatic carbocycles. The normalized spacial score (nSPS) is 13.1. The van der Waals surface area contributed by atoms with E-state index in [4.69, 9.17) is 0 Å². The number of pyridine rings is 1. The number of carbonyl (C=O) groups is 2. The lowest BCUT2D eigenvalue weighted by atomic mass is 9.90. The summed E-state index contributed by atoms with van der Waals surface area (Å²) in [5.41, 5.74) is 6.70. The molecule has 0 radical (unpaired) electrons. The average molecular weight is 425 g/mol. The standard InChI is InChI=1S/C26H24N4O2/c31-22-10-4-9-21-25(22)20(14-17-6-2-1-3-7-17)26(29-21)18-11-13-28-23(15-18)30-24(32)16-19-8-5-12-27-19/h1-3,5-8,11-13,15,27,29H,4,9-10,14,16H2,(H,28,30,32). The van der Waals surface area contributed by atoms with Gasteiger partial charge in [-0.3, -0.25) is 9.59 Å². The first-order valence-electron chi connectivity index (χ1n) is 10.9. The van der Waals surface area contributed by atoms with Gasteiger partial charge in [-0.25, -0.2) is 4.98 Å². The second-order valence-electron chi connectivity index (χ2n) is 8.12. The van der Waals surface area contributed by atoms with Gasteiger partial charge in [0.1, 0.15) is 5.82 Å². The van der Waals surface area contributed by atoms with E-state index < -0.39 is 0 Å². The summed E-state index contributed by atoms with van der Waals surface area (Å²) in [5, 5.41) is 2.88. The van der Waals surface area contributed by atoms with Crippen molar-refractivity contribution in [2.45, 2.75) is 32.1 Å². The van der Waals surface area contributed by atoms with Crippen molar-refractivity contribution < 1.29 is 9.59 Å². The molecule has 0 spiro atoms. The van der Waals surface area contributed by atoms with Crippen LogP contribution in [-0.4, -0.2) is 26.6 Å². The molecule has 0 aliphatic heterocycles. The van der Waals surface area contributed by atoms with Crippen LogP contribution in [0.5, 0.6) is 0 Å². The molecule has 0 unspecified atom stereocenters. The van der Waals surface area contributed by atoms with Crippen molar-refractivity contribution in [3.63, 3.8) is 0 Å². The molecule has 0 saturated heterocycles. The molecule has 0 atom stereocenters. The molecule has 160 valence electrons. The highest BCUT2D eigenvalue weighted by Gasteiger charge is 2.26. The summed E-state index contributed by atoms with van der Waals surface area (Å²) >= 11 is 0. The molecule has 4 aromatic rings. The zero-order valence-corrected chi connectivity index (χ0v) is 17.7. The van der Waals surface area contributed by atoms with E-state index >= 15 is 0 Å². The minimum Gasteiger partial charge on any atom is -0.365 e. The third kappa shape index (κ3) is 4.12. The predicted molar refractivity (Wildman–Crippen MR) is 124 cm³/mol. The fraction of sp³-hybridized carbons (Fsp3) is 0.192.